The van der Waals surface area contributed by atoms with Crippen LogP contribution >= 0.6 is 11.6 Å². The predicted molar refractivity (Wildman–Crippen MR) is 97.1 cm³/mol. The van der Waals surface area contributed by atoms with Crippen LogP contribution in [0.1, 0.15) is 28.8 Å². The average molecular weight is 345 g/mol. The van der Waals surface area contributed by atoms with Gasteiger partial charge < -0.3 is 15.0 Å². The third kappa shape index (κ3) is 3.82. The molecule has 0 aliphatic carbocycles. The van der Waals surface area contributed by atoms with E-state index in [9.17, 15) is 4.79 Å². The lowest BCUT2D eigenvalue weighted by atomic mass is 10.1. The summed E-state index contributed by atoms with van der Waals surface area (Å²) < 4.78 is 5.09. The molecule has 0 saturated carbocycles. The minimum Gasteiger partial charge on any atom is -0.495 e. The van der Waals surface area contributed by atoms with Crippen LogP contribution in [-0.2, 0) is 6.54 Å². The summed E-state index contributed by atoms with van der Waals surface area (Å²) >= 11 is 6.06. The second kappa shape index (κ2) is 7.58. The number of anilines is 1. The largest absolute Gasteiger partial charge is 0.495 e. The van der Waals surface area contributed by atoms with Crippen LogP contribution in [0.5, 0.6) is 5.75 Å². The Hall–Kier alpha value is -2.20. The molecule has 1 amide bonds. The molecule has 0 atom stereocenters. The van der Waals surface area contributed by atoms with E-state index in [1.54, 1.807) is 25.3 Å². The zero-order valence-electron chi connectivity index (χ0n) is 13.7. The molecule has 1 fully saturated rings. The summed E-state index contributed by atoms with van der Waals surface area (Å²) in [6.07, 6.45) is 2.53. The highest BCUT2D eigenvalue weighted by atomic mass is 35.5. The number of carbonyl (C=O) groups excluding carboxylic acids is 1. The Balaban J connectivity index is 1.58. The molecule has 1 N–H and O–H groups in total. The molecule has 2 aromatic carbocycles. The van der Waals surface area contributed by atoms with Crippen molar-refractivity contribution in [1.82, 2.24) is 5.32 Å². The number of amides is 1. The van der Waals surface area contributed by atoms with Gasteiger partial charge in [0, 0.05) is 30.9 Å². The lowest BCUT2D eigenvalue weighted by Crippen LogP contribution is -2.23. The van der Waals surface area contributed by atoms with Crippen molar-refractivity contribution in [2.24, 2.45) is 0 Å². The maximum absolute atomic E-state index is 12.2. The molecule has 0 spiro atoms. The van der Waals surface area contributed by atoms with E-state index in [1.165, 1.54) is 18.5 Å². The molecule has 1 heterocycles. The number of nitrogens with one attached hydrogen (secondary N) is 1. The number of benzene rings is 2. The molecule has 0 bridgehead atoms. The van der Waals surface area contributed by atoms with Gasteiger partial charge in [0.05, 0.1) is 12.1 Å². The number of hydrogen-bond donors (Lipinski definition) is 1. The fraction of sp³-hybridized carbons (Fsp3) is 0.316. The highest BCUT2D eigenvalue weighted by Crippen LogP contribution is 2.25. The Morgan fingerprint density at radius 3 is 2.50 bits per heavy atom. The van der Waals surface area contributed by atoms with Gasteiger partial charge in [-0.3, -0.25) is 4.79 Å². The van der Waals surface area contributed by atoms with Crippen LogP contribution in [-0.4, -0.2) is 26.1 Å². The van der Waals surface area contributed by atoms with Crippen LogP contribution in [0.2, 0.25) is 5.02 Å². The highest BCUT2D eigenvalue weighted by molar-refractivity contribution is 6.32. The molecule has 5 heteroatoms. The molecule has 1 aliphatic heterocycles. The number of rotatable bonds is 5. The minimum atomic E-state index is -0.150. The molecule has 3 rings (SSSR count). The number of hydrogen-bond acceptors (Lipinski definition) is 3. The molecular formula is C19H21ClN2O2. The fourth-order valence-corrected chi connectivity index (χ4v) is 3.15. The van der Waals surface area contributed by atoms with Crippen LogP contribution in [0.15, 0.2) is 42.5 Å². The molecule has 1 aliphatic rings. The lowest BCUT2D eigenvalue weighted by Gasteiger charge is -2.17. The lowest BCUT2D eigenvalue weighted by molar-refractivity contribution is 0.0951. The average Bonchev–Trinajstić information content (AvgIpc) is 3.14. The van der Waals surface area contributed by atoms with Gasteiger partial charge >= 0.3 is 0 Å². The summed E-state index contributed by atoms with van der Waals surface area (Å²) in [6.45, 7) is 2.76. The summed E-state index contributed by atoms with van der Waals surface area (Å²) in [7, 11) is 1.55. The Kier molecular flexibility index (Phi) is 5.26. The van der Waals surface area contributed by atoms with Crippen LogP contribution in [0.25, 0.3) is 0 Å². The second-order valence-electron chi connectivity index (χ2n) is 5.89. The summed E-state index contributed by atoms with van der Waals surface area (Å²) in [4.78, 5) is 14.6. The van der Waals surface area contributed by atoms with E-state index in [4.69, 9.17) is 16.3 Å². The number of methoxy groups -OCH3 is 1. The Morgan fingerprint density at radius 1 is 1.17 bits per heavy atom. The van der Waals surface area contributed by atoms with Gasteiger partial charge in [-0.25, -0.2) is 0 Å². The van der Waals surface area contributed by atoms with Gasteiger partial charge in [0.1, 0.15) is 5.75 Å². The smallest absolute Gasteiger partial charge is 0.251 e. The first-order valence-corrected chi connectivity index (χ1v) is 8.51. The van der Waals surface area contributed by atoms with Gasteiger partial charge in [0.2, 0.25) is 0 Å². The maximum Gasteiger partial charge on any atom is 0.251 e. The van der Waals surface area contributed by atoms with E-state index in [-0.39, 0.29) is 5.91 Å². The summed E-state index contributed by atoms with van der Waals surface area (Å²) in [5.74, 6) is 0.411. The minimum absolute atomic E-state index is 0.150. The second-order valence-corrected chi connectivity index (χ2v) is 6.30. The maximum atomic E-state index is 12.2. The zero-order chi connectivity index (χ0) is 16.9. The van der Waals surface area contributed by atoms with Crippen LogP contribution in [0.4, 0.5) is 5.69 Å². The van der Waals surface area contributed by atoms with E-state index >= 15 is 0 Å². The fourth-order valence-electron chi connectivity index (χ4n) is 2.89. The van der Waals surface area contributed by atoms with Crippen LogP contribution < -0.4 is 15.0 Å². The van der Waals surface area contributed by atoms with Crippen LogP contribution in [0, 0.1) is 0 Å². The van der Waals surface area contributed by atoms with Gasteiger partial charge in [-0.05, 0) is 48.7 Å². The number of carbonyl (C=O) groups is 1. The van der Waals surface area contributed by atoms with Crippen molar-refractivity contribution < 1.29 is 9.53 Å². The van der Waals surface area contributed by atoms with Crippen molar-refractivity contribution in [3.63, 3.8) is 0 Å². The van der Waals surface area contributed by atoms with E-state index in [2.05, 4.69) is 34.5 Å². The van der Waals surface area contributed by atoms with E-state index < -0.39 is 0 Å². The topological polar surface area (TPSA) is 41.6 Å². The van der Waals surface area contributed by atoms with E-state index in [1.807, 2.05) is 0 Å². The molecule has 24 heavy (non-hydrogen) atoms. The SMILES string of the molecule is COc1ccc(C(=O)NCc2ccc(N3CCCC3)cc2)cc1Cl. The Labute approximate surface area is 147 Å². The standard InChI is InChI=1S/C19H21ClN2O2/c1-24-18-9-6-15(12-17(18)20)19(23)21-13-14-4-7-16(8-5-14)22-10-2-3-11-22/h4-9,12H,2-3,10-11,13H2,1H3,(H,21,23). The van der Waals surface area contributed by atoms with Crippen molar-refractivity contribution in [2.45, 2.75) is 19.4 Å². The molecule has 0 aromatic heterocycles. The molecule has 0 radical (unpaired) electrons. The molecule has 1 saturated heterocycles. The normalized spacial score (nSPS) is 13.8. The quantitative estimate of drug-likeness (QED) is 0.895. The zero-order valence-corrected chi connectivity index (χ0v) is 14.5. The monoisotopic (exact) mass is 344 g/mol. The Bertz CT molecular complexity index is 710. The number of nitrogens with zero attached hydrogens (tertiary/aromatic N) is 1. The first kappa shape index (κ1) is 16.7. The van der Waals surface area contributed by atoms with Crippen molar-refractivity contribution >= 4 is 23.2 Å². The van der Waals surface area contributed by atoms with Gasteiger partial charge in [-0.1, -0.05) is 23.7 Å². The third-order valence-electron chi connectivity index (χ3n) is 4.27. The van der Waals surface area contributed by atoms with Crippen molar-refractivity contribution in [3.05, 3.63) is 58.6 Å². The molecule has 2 aromatic rings. The molecule has 0 unspecified atom stereocenters. The summed E-state index contributed by atoms with van der Waals surface area (Å²) in [5, 5.41) is 3.35. The summed E-state index contributed by atoms with van der Waals surface area (Å²) in [5.41, 5.74) is 2.85. The Morgan fingerprint density at radius 2 is 1.88 bits per heavy atom. The van der Waals surface area contributed by atoms with E-state index in [0.717, 1.165) is 18.7 Å². The first-order valence-electron chi connectivity index (χ1n) is 8.13. The highest BCUT2D eigenvalue weighted by Gasteiger charge is 2.12. The van der Waals surface area contributed by atoms with Gasteiger partial charge in [0.15, 0.2) is 0 Å². The van der Waals surface area contributed by atoms with Crippen molar-refractivity contribution in [1.29, 1.82) is 0 Å². The summed E-state index contributed by atoms with van der Waals surface area (Å²) in [6, 6.07) is 13.4. The third-order valence-corrected chi connectivity index (χ3v) is 4.57. The van der Waals surface area contributed by atoms with E-state index in [0.29, 0.717) is 22.9 Å². The van der Waals surface area contributed by atoms with Gasteiger partial charge in [-0.15, -0.1) is 0 Å². The van der Waals surface area contributed by atoms with Crippen molar-refractivity contribution in [2.75, 3.05) is 25.1 Å². The van der Waals surface area contributed by atoms with Crippen LogP contribution in [0.3, 0.4) is 0 Å². The number of ether oxygens (including phenoxy) is 1. The molecule has 4 nitrogen and oxygen atoms in total. The molecule has 126 valence electrons. The van der Waals surface area contributed by atoms with Gasteiger partial charge in [0.25, 0.3) is 5.91 Å². The number of halogens is 1. The van der Waals surface area contributed by atoms with Gasteiger partial charge in [-0.2, -0.15) is 0 Å². The first-order chi connectivity index (χ1) is 11.7. The van der Waals surface area contributed by atoms with Crippen molar-refractivity contribution in [3.8, 4) is 5.75 Å². The predicted octanol–water partition coefficient (Wildman–Crippen LogP) is 3.88. The molecular weight excluding hydrogens is 324 g/mol.